The Labute approximate surface area is 359 Å². The van der Waals surface area contributed by atoms with Crippen molar-refractivity contribution in [2.75, 3.05) is 70.2 Å². The zero-order chi connectivity index (χ0) is 44.1. The van der Waals surface area contributed by atoms with E-state index in [1.54, 1.807) is 30.6 Å². The lowest BCUT2D eigenvalue weighted by atomic mass is 9.78. The summed E-state index contributed by atoms with van der Waals surface area (Å²) in [5, 5.41) is 2.66. The molecule has 4 amide bonds. The van der Waals surface area contributed by atoms with Crippen LogP contribution in [0.4, 0.5) is 34.1 Å². The third-order valence-electron chi connectivity index (χ3n) is 12.3. The lowest BCUT2D eigenvalue weighted by Gasteiger charge is -2.41. The maximum absolute atomic E-state index is 14.2. The highest BCUT2D eigenvalue weighted by Gasteiger charge is 2.39. The van der Waals surface area contributed by atoms with Gasteiger partial charge in [-0.3, -0.25) is 19.3 Å². The van der Waals surface area contributed by atoms with Crippen LogP contribution in [0.1, 0.15) is 76.0 Å². The van der Waals surface area contributed by atoms with Crippen molar-refractivity contribution in [1.82, 2.24) is 19.6 Å². The number of rotatable bonds is 10. The molecular formula is C43H56ClF3N6O8. The number of urea groups is 1. The van der Waals surface area contributed by atoms with Crippen molar-refractivity contribution in [3.8, 4) is 0 Å². The van der Waals surface area contributed by atoms with Crippen LogP contribution in [0.2, 0.25) is 5.02 Å². The van der Waals surface area contributed by atoms with Crippen LogP contribution in [0.25, 0.3) is 0 Å². The quantitative estimate of drug-likeness (QED) is 0.151. The molecule has 2 aromatic carbocycles. The predicted octanol–water partition coefficient (Wildman–Crippen LogP) is 6.58. The molecule has 3 fully saturated rings. The number of nitrogens with two attached hydrogens (primary N) is 1. The molecule has 0 saturated carbocycles. The van der Waals surface area contributed by atoms with Crippen LogP contribution in [0, 0.1) is 17.3 Å². The van der Waals surface area contributed by atoms with Crippen molar-refractivity contribution in [1.29, 1.82) is 0 Å². The molecule has 0 bridgehead atoms. The number of nitrogens with zero attached hydrogens (tertiary/aromatic N) is 4. The minimum absolute atomic E-state index is 0.0426. The first-order valence-corrected chi connectivity index (χ1v) is 21.3. The Morgan fingerprint density at radius 2 is 1.49 bits per heavy atom. The van der Waals surface area contributed by atoms with E-state index in [2.05, 4.69) is 5.32 Å². The highest BCUT2D eigenvalue weighted by atomic mass is 35.5. The van der Waals surface area contributed by atoms with Crippen LogP contribution in [0.15, 0.2) is 36.4 Å². The summed E-state index contributed by atoms with van der Waals surface area (Å²) in [7, 11) is 0. The smallest absolute Gasteiger partial charge is 0.418 e. The first-order chi connectivity index (χ1) is 28.9. The monoisotopic (exact) mass is 876 g/mol. The Bertz CT molecular complexity index is 1920. The van der Waals surface area contributed by atoms with Gasteiger partial charge >= 0.3 is 30.2 Å². The highest BCUT2D eigenvalue weighted by molar-refractivity contribution is 6.33. The number of carbonyl (C=O) groups excluding carboxylic acids is 5. The van der Waals surface area contributed by atoms with Gasteiger partial charge < -0.3 is 40.0 Å². The van der Waals surface area contributed by atoms with Crippen molar-refractivity contribution in [3.63, 3.8) is 0 Å². The van der Waals surface area contributed by atoms with Crippen LogP contribution in [-0.4, -0.2) is 121 Å². The second kappa shape index (κ2) is 19.5. The fourth-order valence-electron chi connectivity index (χ4n) is 8.69. The molecule has 4 aliphatic heterocycles. The SMILES string of the molecule is CC(C)(C)C(=O)OCOC(=O)CN1CCC(C2CCN(C(=O)[C@@H](Cc3cc(Cl)c(N)c(C(F)(F)F)c3)OC(=O)N3CCC(N4CCc5ccccc5NC4=O)CC3)CC2)CC1. The van der Waals surface area contributed by atoms with Crippen LogP contribution >= 0.6 is 11.6 Å². The number of amides is 4. The fourth-order valence-corrected chi connectivity index (χ4v) is 8.93. The molecule has 0 unspecified atom stereocenters. The van der Waals surface area contributed by atoms with Gasteiger partial charge in [-0.15, -0.1) is 0 Å². The van der Waals surface area contributed by atoms with E-state index in [0.29, 0.717) is 76.7 Å². The number of para-hydroxylation sites is 1. The Hall–Kier alpha value is -4.77. The Morgan fingerprint density at radius 1 is 0.869 bits per heavy atom. The molecular weight excluding hydrogens is 821 g/mol. The first-order valence-electron chi connectivity index (χ1n) is 21.0. The lowest BCUT2D eigenvalue weighted by molar-refractivity contribution is -0.173. The molecule has 61 heavy (non-hydrogen) atoms. The number of anilines is 2. The van der Waals surface area contributed by atoms with E-state index >= 15 is 0 Å². The summed E-state index contributed by atoms with van der Waals surface area (Å²) in [6.07, 6.45) is -2.65. The molecule has 4 aliphatic rings. The van der Waals surface area contributed by atoms with Gasteiger partial charge in [-0.05, 0) is 120 Å². The van der Waals surface area contributed by atoms with E-state index in [1.165, 1.54) is 11.0 Å². The van der Waals surface area contributed by atoms with Gasteiger partial charge in [0.25, 0.3) is 5.91 Å². The van der Waals surface area contributed by atoms with Crippen LogP contribution < -0.4 is 11.1 Å². The lowest BCUT2D eigenvalue weighted by Crippen LogP contribution is -2.52. The molecule has 4 heterocycles. The van der Waals surface area contributed by atoms with Crippen molar-refractivity contribution in [3.05, 3.63) is 58.1 Å². The van der Waals surface area contributed by atoms with Gasteiger partial charge in [0, 0.05) is 50.9 Å². The number of nitrogen functional groups attached to an aromatic ring is 1. The summed E-state index contributed by atoms with van der Waals surface area (Å²) in [5.41, 5.74) is 5.07. The van der Waals surface area contributed by atoms with E-state index < -0.39 is 59.7 Å². The Kier molecular flexibility index (Phi) is 14.6. The summed E-state index contributed by atoms with van der Waals surface area (Å²) < 4.78 is 57.8. The fraction of sp³-hybridized carbons (Fsp3) is 0.605. The van der Waals surface area contributed by atoms with E-state index in [4.69, 9.17) is 31.5 Å². The van der Waals surface area contributed by atoms with Gasteiger partial charge in [-0.2, -0.15) is 13.2 Å². The highest BCUT2D eigenvalue weighted by Crippen LogP contribution is 2.39. The molecule has 6 rings (SSSR count). The number of nitrogens with one attached hydrogen (secondary N) is 1. The number of carbonyl (C=O) groups is 5. The van der Waals surface area contributed by atoms with Gasteiger partial charge in [-0.1, -0.05) is 29.8 Å². The van der Waals surface area contributed by atoms with Crippen LogP contribution in [0.5, 0.6) is 0 Å². The number of ether oxygens (including phenoxy) is 3. The molecule has 3 saturated heterocycles. The number of alkyl halides is 3. The Balaban J connectivity index is 1.04. The first kappa shape index (κ1) is 45.7. The van der Waals surface area contributed by atoms with E-state index in [1.807, 2.05) is 29.2 Å². The molecule has 1 atom stereocenters. The number of hydrogen-bond acceptors (Lipinski definition) is 10. The molecule has 2 aromatic rings. The molecule has 0 aliphatic carbocycles. The second-order valence-electron chi connectivity index (χ2n) is 17.5. The molecule has 14 nitrogen and oxygen atoms in total. The standard InChI is InChI=1S/C43H56ClF3N6O8/c1-42(2,3)39(56)60-26-59-36(54)25-50-15-8-28(9-16-50)29-10-17-51(18-11-29)38(55)35(24-27-22-32(43(45,46)47)37(48)33(44)23-27)61-41(58)52-19-13-31(14-20-52)53-21-12-30-6-4-5-7-34(30)49-40(53)57/h4-7,22-23,28-29,31,35H,8-21,24-26,48H2,1-3H3,(H,49,57)/t35-/m1/s1. The number of esters is 2. The summed E-state index contributed by atoms with van der Waals surface area (Å²) in [5.74, 6) is -0.774. The average Bonchev–Trinajstić information content (AvgIpc) is 3.39. The molecule has 0 aromatic heterocycles. The van der Waals surface area contributed by atoms with Crippen molar-refractivity contribution in [2.45, 2.75) is 90.5 Å². The molecule has 0 radical (unpaired) electrons. The van der Waals surface area contributed by atoms with E-state index in [9.17, 15) is 37.1 Å². The third kappa shape index (κ3) is 11.8. The normalized spacial score (nSPS) is 19.4. The average molecular weight is 877 g/mol. The number of piperidine rings is 3. The number of benzene rings is 2. The van der Waals surface area contributed by atoms with E-state index in [0.717, 1.165) is 30.2 Å². The van der Waals surface area contributed by atoms with Gasteiger partial charge in [0.15, 0.2) is 6.10 Å². The maximum Gasteiger partial charge on any atom is 0.418 e. The Morgan fingerprint density at radius 3 is 2.13 bits per heavy atom. The largest absolute Gasteiger partial charge is 0.436 e. The number of halogens is 4. The summed E-state index contributed by atoms with van der Waals surface area (Å²) in [4.78, 5) is 72.2. The molecule has 3 N–H and O–H groups in total. The number of likely N-dealkylation sites (tertiary alicyclic amines) is 3. The summed E-state index contributed by atoms with van der Waals surface area (Å²) >= 11 is 6.15. The zero-order valence-corrected chi connectivity index (χ0v) is 35.7. The number of fused-ring (bicyclic) bond motifs is 1. The van der Waals surface area contributed by atoms with Gasteiger partial charge in [-0.25, -0.2) is 9.59 Å². The minimum atomic E-state index is -4.80. The molecule has 0 spiro atoms. The van der Waals surface area contributed by atoms with Crippen LogP contribution in [-0.2, 0) is 47.6 Å². The van der Waals surface area contributed by atoms with Gasteiger partial charge in [0.1, 0.15) is 0 Å². The summed E-state index contributed by atoms with van der Waals surface area (Å²) in [6, 6.07) is 9.40. The zero-order valence-electron chi connectivity index (χ0n) is 34.9. The maximum atomic E-state index is 14.2. The number of hydrogen-bond donors (Lipinski definition) is 2. The minimum Gasteiger partial charge on any atom is -0.436 e. The van der Waals surface area contributed by atoms with Crippen molar-refractivity contribution in [2.24, 2.45) is 17.3 Å². The van der Waals surface area contributed by atoms with Crippen molar-refractivity contribution < 1.29 is 51.4 Å². The predicted molar refractivity (Wildman–Crippen MR) is 220 cm³/mol. The van der Waals surface area contributed by atoms with E-state index in [-0.39, 0.29) is 48.7 Å². The second-order valence-corrected chi connectivity index (χ2v) is 17.9. The van der Waals surface area contributed by atoms with Crippen molar-refractivity contribution >= 4 is 52.9 Å². The third-order valence-corrected chi connectivity index (χ3v) is 12.6. The van der Waals surface area contributed by atoms with Gasteiger partial charge in [0.2, 0.25) is 6.79 Å². The molecule has 334 valence electrons. The van der Waals surface area contributed by atoms with Crippen LogP contribution in [0.3, 0.4) is 0 Å². The van der Waals surface area contributed by atoms with Gasteiger partial charge in [0.05, 0.1) is 28.2 Å². The summed E-state index contributed by atoms with van der Waals surface area (Å²) in [6.45, 7) is 7.92. The molecule has 18 heteroatoms. The topological polar surface area (TPSA) is 164 Å².